The van der Waals surface area contributed by atoms with Gasteiger partial charge in [0.05, 0.1) is 5.56 Å². The maximum atomic E-state index is 13.0. The average molecular weight is 293 g/mol. The maximum Gasteiger partial charge on any atom is 0.416 e. The molecular formula is C17H18F3N. The first-order valence-corrected chi connectivity index (χ1v) is 6.83. The minimum Gasteiger partial charge on any atom is -0.326 e. The van der Waals surface area contributed by atoms with Crippen LogP contribution in [0.5, 0.6) is 0 Å². The number of hydrogen-bond acceptors (Lipinski definition) is 1. The molecule has 2 N–H and O–H groups in total. The Morgan fingerprint density at radius 2 is 1.71 bits per heavy atom. The van der Waals surface area contributed by atoms with Crippen molar-refractivity contribution < 1.29 is 13.2 Å². The molecule has 21 heavy (non-hydrogen) atoms. The molecule has 0 aliphatic carbocycles. The molecule has 2 aromatic carbocycles. The summed E-state index contributed by atoms with van der Waals surface area (Å²) in [6.07, 6.45) is -4.37. The number of hydrogen-bond donors (Lipinski definition) is 1. The lowest BCUT2D eigenvalue weighted by Crippen LogP contribution is -2.07. The van der Waals surface area contributed by atoms with Crippen LogP contribution in [0.2, 0.25) is 0 Å². The second-order valence-corrected chi connectivity index (χ2v) is 5.40. The first kappa shape index (κ1) is 15.6. The molecule has 0 bridgehead atoms. The SMILES string of the molecule is CC(C)c1cccc(-c2cc(CN)cc(C(F)(F)F)c2)c1. The van der Waals surface area contributed by atoms with Gasteiger partial charge in [0, 0.05) is 6.54 Å². The molecule has 1 nitrogen and oxygen atoms in total. The van der Waals surface area contributed by atoms with E-state index in [4.69, 9.17) is 5.73 Å². The Balaban J connectivity index is 2.55. The molecule has 0 atom stereocenters. The third-order valence-corrected chi connectivity index (χ3v) is 3.44. The standard InChI is InChI=1S/C17H18F3N/c1-11(2)13-4-3-5-14(8-13)15-6-12(10-21)7-16(9-15)17(18,19)20/h3-9,11H,10,21H2,1-2H3. The van der Waals surface area contributed by atoms with Crippen LogP contribution >= 0.6 is 0 Å². The van der Waals surface area contributed by atoms with Gasteiger partial charge >= 0.3 is 6.18 Å². The predicted molar refractivity (Wildman–Crippen MR) is 78.9 cm³/mol. The van der Waals surface area contributed by atoms with Crippen molar-refractivity contribution in [1.82, 2.24) is 0 Å². The zero-order valence-electron chi connectivity index (χ0n) is 12.0. The molecule has 0 amide bonds. The lowest BCUT2D eigenvalue weighted by molar-refractivity contribution is -0.137. The Labute approximate surface area is 122 Å². The van der Waals surface area contributed by atoms with Gasteiger partial charge in [0.2, 0.25) is 0 Å². The molecule has 112 valence electrons. The van der Waals surface area contributed by atoms with E-state index >= 15 is 0 Å². The van der Waals surface area contributed by atoms with Crippen molar-refractivity contribution in [3.05, 3.63) is 59.2 Å². The van der Waals surface area contributed by atoms with Crippen molar-refractivity contribution in [3.63, 3.8) is 0 Å². The number of halogens is 3. The van der Waals surface area contributed by atoms with Gasteiger partial charge in [0.15, 0.2) is 0 Å². The summed E-state index contributed by atoms with van der Waals surface area (Å²) < 4.78 is 38.9. The van der Waals surface area contributed by atoms with E-state index in [9.17, 15) is 13.2 Å². The quantitative estimate of drug-likeness (QED) is 0.851. The summed E-state index contributed by atoms with van der Waals surface area (Å²) in [4.78, 5) is 0. The average Bonchev–Trinajstić information content (AvgIpc) is 2.46. The molecule has 0 aliphatic heterocycles. The molecule has 0 fully saturated rings. The van der Waals surface area contributed by atoms with Gasteiger partial charge < -0.3 is 5.73 Å². The molecule has 0 aliphatic rings. The van der Waals surface area contributed by atoms with E-state index in [0.29, 0.717) is 17.0 Å². The second-order valence-electron chi connectivity index (χ2n) is 5.40. The Kier molecular flexibility index (Phi) is 4.37. The van der Waals surface area contributed by atoms with E-state index in [0.717, 1.165) is 17.2 Å². The number of benzene rings is 2. The van der Waals surface area contributed by atoms with Crippen molar-refractivity contribution in [3.8, 4) is 11.1 Å². The fraction of sp³-hybridized carbons (Fsp3) is 0.294. The van der Waals surface area contributed by atoms with Crippen LogP contribution in [-0.4, -0.2) is 0 Å². The van der Waals surface area contributed by atoms with Gasteiger partial charge in [0.1, 0.15) is 0 Å². The Hall–Kier alpha value is -1.81. The van der Waals surface area contributed by atoms with Gasteiger partial charge in [-0.25, -0.2) is 0 Å². The highest BCUT2D eigenvalue weighted by atomic mass is 19.4. The van der Waals surface area contributed by atoms with E-state index < -0.39 is 11.7 Å². The van der Waals surface area contributed by atoms with Crippen LogP contribution < -0.4 is 5.73 Å². The third kappa shape index (κ3) is 3.64. The van der Waals surface area contributed by atoms with Crippen LogP contribution in [0, 0.1) is 0 Å². The van der Waals surface area contributed by atoms with E-state index in [1.54, 1.807) is 6.07 Å². The van der Waals surface area contributed by atoms with Crippen LogP contribution in [0.1, 0.15) is 36.5 Å². The van der Waals surface area contributed by atoms with Gasteiger partial charge in [-0.15, -0.1) is 0 Å². The van der Waals surface area contributed by atoms with Crippen molar-refractivity contribution in [1.29, 1.82) is 0 Å². The highest BCUT2D eigenvalue weighted by Crippen LogP contribution is 2.34. The summed E-state index contributed by atoms with van der Waals surface area (Å²) in [5.41, 5.74) is 7.77. The highest BCUT2D eigenvalue weighted by Gasteiger charge is 2.31. The molecule has 4 heteroatoms. The maximum absolute atomic E-state index is 13.0. The fourth-order valence-corrected chi connectivity index (χ4v) is 2.22. The molecule has 0 spiro atoms. The summed E-state index contributed by atoms with van der Waals surface area (Å²) in [7, 11) is 0. The molecule has 2 aromatic rings. The topological polar surface area (TPSA) is 26.0 Å². The van der Waals surface area contributed by atoms with Crippen LogP contribution in [-0.2, 0) is 12.7 Å². The molecule has 2 rings (SSSR count). The third-order valence-electron chi connectivity index (χ3n) is 3.44. The Bertz CT molecular complexity index is 630. The summed E-state index contributed by atoms with van der Waals surface area (Å²) >= 11 is 0. The normalized spacial score (nSPS) is 12.0. The lowest BCUT2D eigenvalue weighted by Gasteiger charge is -2.13. The zero-order chi connectivity index (χ0) is 15.6. The largest absolute Gasteiger partial charge is 0.416 e. The van der Waals surface area contributed by atoms with Crippen molar-refractivity contribution in [2.75, 3.05) is 0 Å². The molecule has 0 saturated carbocycles. The van der Waals surface area contributed by atoms with Gasteiger partial charge in [0.25, 0.3) is 0 Å². The lowest BCUT2D eigenvalue weighted by atomic mass is 9.95. The Morgan fingerprint density at radius 3 is 2.29 bits per heavy atom. The van der Waals surface area contributed by atoms with Crippen LogP contribution in [0.4, 0.5) is 13.2 Å². The summed E-state index contributed by atoms with van der Waals surface area (Å²) in [5.74, 6) is 0.324. The summed E-state index contributed by atoms with van der Waals surface area (Å²) in [5, 5.41) is 0. The summed E-state index contributed by atoms with van der Waals surface area (Å²) in [6.45, 7) is 4.19. The van der Waals surface area contributed by atoms with Crippen molar-refractivity contribution in [2.24, 2.45) is 5.73 Å². The molecule has 0 saturated heterocycles. The molecule has 0 heterocycles. The van der Waals surface area contributed by atoms with Gasteiger partial charge in [-0.2, -0.15) is 13.2 Å². The Morgan fingerprint density at radius 1 is 1.00 bits per heavy atom. The first-order chi connectivity index (χ1) is 9.81. The van der Waals surface area contributed by atoms with E-state index in [2.05, 4.69) is 13.8 Å². The molecule has 0 radical (unpaired) electrons. The molecule has 0 aromatic heterocycles. The minimum atomic E-state index is -4.37. The van der Waals surface area contributed by atoms with Gasteiger partial charge in [-0.05, 0) is 46.4 Å². The van der Waals surface area contributed by atoms with E-state index in [1.807, 2.05) is 24.3 Å². The van der Waals surface area contributed by atoms with Gasteiger partial charge in [-0.1, -0.05) is 38.1 Å². The van der Waals surface area contributed by atoms with Crippen LogP contribution in [0.25, 0.3) is 11.1 Å². The molecular weight excluding hydrogens is 275 g/mol. The van der Waals surface area contributed by atoms with Crippen molar-refractivity contribution >= 4 is 0 Å². The zero-order valence-corrected chi connectivity index (χ0v) is 12.0. The monoisotopic (exact) mass is 293 g/mol. The number of alkyl halides is 3. The van der Waals surface area contributed by atoms with Crippen molar-refractivity contribution in [2.45, 2.75) is 32.5 Å². The second kappa shape index (κ2) is 5.90. The van der Waals surface area contributed by atoms with Gasteiger partial charge in [-0.3, -0.25) is 0 Å². The van der Waals surface area contributed by atoms with E-state index in [-0.39, 0.29) is 6.54 Å². The highest BCUT2D eigenvalue weighted by molar-refractivity contribution is 5.66. The number of rotatable bonds is 3. The fourth-order valence-electron chi connectivity index (χ4n) is 2.22. The summed E-state index contributed by atoms with van der Waals surface area (Å²) in [6, 6.07) is 11.6. The smallest absolute Gasteiger partial charge is 0.326 e. The molecule has 0 unspecified atom stereocenters. The van der Waals surface area contributed by atoms with Crippen LogP contribution in [0.3, 0.4) is 0 Å². The predicted octanol–water partition coefficient (Wildman–Crippen LogP) is 4.95. The first-order valence-electron chi connectivity index (χ1n) is 6.83. The van der Waals surface area contributed by atoms with Crippen LogP contribution in [0.15, 0.2) is 42.5 Å². The number of nitrogens with two attached hydrogens (primary N) is 1. The van der Waals surface area contributed by atoms with E-state index in [1.165, 1.54) is 6.07 Å². The minimum absolute atomic E-state index is 0.0841.